The molecule has 1 aromatic heterocycles. The first kappa shape index (κ1) is 18.3. The van der Waals surface area contributed by atoms with E-state index in [-0.39, 0.29) is 34.4 Å². The third-order valence-corrected chi connectivity index (χ3v) is 5.34. The Hall–Kier alpha value is -2.45. The maximum Gasteiger partial charge on any atom is 0.258 e. The second-order valence-corrected chi connectivity index (χ2v) is 8.08. The highest BCUT2D eigenvalue weighted by molar-refractivity contribution is 6.31. The van der Waals surface area contributed by atoms with E-state index in [0.29, 0.717) is 15.9 Å². The minimum absolute atomic E-state index is 0.0796. The number of carbonyl (C=O) groups excluding carboxylic acids is 1. The van der Waals surface area contributed by atoms with E-state index in [9.17, 15) is 14.9 Å². The van der Waals surface area contributed by atoms with Crippen molar-refractivity contribution in [3.05, 3.63) is 51.0 Å². The van der Waals surface area contributed by atoms with Crippen molar-refractivity contribution in [3.8, 4) is 6.07 Å². The van der Waals surface area contributed by atoms with Crippen LogP contribution in [-0.2, 0) is 4.79 Å². The molecule has 1 fully saturated rings. The number of rotatable bonds is 4. The van der Waals surface area contributed by atoms with Crippen molar-refractivity contribution in [2.75, 3.05) is 0 Å². The van der Waals surface area contributed by atoms with E-state index in [1.807, 2.05) is 33.8 Å². The van der Waals surface area contributed by atoms with Crippen molar-refractivity contribution >= 4 is 28.3 Å². The number of nitrogens with zero attached hydrogens (tertiary/aromatic N) is 2. The Morgan fingerprint density at radius 1 is 1.42 bits per heavy atom. The topological polar surface area (TPSA) is 86.6 Å². The van der Waals surface area contributed by atoms with E-state index in [1.165, 1.54) is 0 Å². The van der Waals surface area contributed by atoms with Crippen LogP contribution in [0.4, 0.5) is 0 Å². The van der Waals surface area contributed by atoms with Crippen LogP contribution in [0.3, 0.4) is 0 Å². The number of nitrogens with one attached hydrogen (secondary N) is 1. The van der Waals surface area contributed by atoms with Crippen LogP contribution in [-0.4, -0.2) is 15.8 Å². The number of allylic oxidation sites excluding steroid dienone is 2. The summed E-state index contributed by atoms with van der Waals surface area (Å²) in [6.45, 7) is 8.02. The van der Waals surface area contributed by atoms with E-state index in [2.05, 4.69) is 16.0 Å². The first-order valence-corrected chi connectivity index (χ1v) is 8.82. The molecule has 6 heteroatoms. The van der Waals surface area contributed by atoms with Gasteiger partial charge in [-0.1, -0.05) is 37.1 Å². The Labute approximate surface area is 156 Å². The summed E-state index contributed by atoms with van der Waals surface area (Å²) < 4.78 is 0. The molecule has 0 spiro atoms. The van der Waals surface area contributed by atoms with Gasteiger partial charge in [0.2, 0.25) is 0 Å². The molecule has 0 aliphatic heterocycles. The van der Waals surface area contributed by atoms with Crippen molar-refractivity contribution in [1.82, 2.24) is 9.97 Å². The van der Waals surface area contributed by atoms with Crippen molar-refractivity contribution < 1.29 is 4.79 Å². The lowest BCUT2D eigenvalue weighted by Gasteiger charge is -2.09. The van der Waals surface area contributed by atoms with Crippen LogP contribution < -0.4 is 5.56 Å². The Balaban J connectivity index is 2.01. The molecule has 0 saturated heterocycles. The first-order valence-electron chi connectivity index (χ1n) is 8.44. The van der Waals surface area contributed by atoms with E-state index in [4.69, 9.17) is 11.6 Å². The number of aromatic nitrogens is 2. The number of benzene rings is 1. The number of Topliss-reactive ketones (excluding diaryl/α,β-unsaturated/α-hetero) is 1. The van der Waals surface area contributed by atoms with Crippen molar-refractivity contribution in [3.63, 3.8) is 0 Å². The molecule has 1 saturated carbocycles. The lowest BCUT2D eigenvalue weighted by molar-refractivity contribution is -0.121. The van der Waals surface area contributed by atoms with Gasteiger partial charge in [0.15, 0.2) is 11.7 Å². The molecule has 1 aliphatic rings. The number of H-pyrrole nitrogens is 1. The highest BCUT2D eigenvalue weighted by atomic mass is 35.5. The molecule has 2 aromatic rings. The number of nitriles is 1. The molecule has 3 atom stereocenters. The van der Waals surface area contributed by atoms with Gasteiger partial charge in [-0.3, -0.25) is 9.59 Å². The summed E-state index contributed by atoms with van der Waals surface area (Å²) in [4.78, 5) is 32.3. The Morgan fingerprint density at radius 2 is 2.12 bits per heavy atom. The van der Waals surface area contributed by atoms with Gasteiger partial charge in [0.05, 0.1) is 17.0 Å². The first-order chi connectivity index (χ1) is 12.2. The Bertz CT molecular complexity index is 1030. The lowest BCUT2D eigenvalue weighted by atomic mass is 9.96. The Morgan fingerprint density at radius 3 is 2.73 bits per heavy atom. The fourth-order valence-corrected chi connectivity index (χ4v) is 3.76. The lowest BCUT2D eigenvalue weighted by Crippen LogP contribution is -2.22. The summed E-state index contributed by atoms with van der Waals surface area (Å²) in [6.07, 6.45) is 2.08. The summed E-state index contributed by atoms with van der Waals surface area (Å²) in [7, 11) is 0. The molecule has 1 aliphatic carbocycles. The highest BCUT2D eigenvalue weighted by Gasteiger charge is 2.61. The number of aromatic amines is 1. The largest absolute Gasteiger partial charge is 0.308 e. The summed E-state index contributed by atoms with van der Waals surface area (Å²) in [5, 5.41) is 10.4. The molecule has 0 amide bonds. The number of hydrogen-bond acceptors (Lipinski definition) is 4. The fraction of sp³-hybridized carbons (Fsp3) is 0.400. The molecule has 0 bridgehead atoms. The van der Waals surface area contributed by atoms with Gasteiger partial charge in [-0.2, -0.15) is 5.26 Å². The van der Waals surface area contributed by atoms with E-state index in [1.54, 1.807) is 18.2 Å². The molecule has 3 unspecified atom stereocenters. The molecule has 1 aromatic carbocycles. The maximum atomic E-state index is 13.0. The smallest absolute Gasteiger partial charge is 0.258 e. The van der Waals surface area contributed by atoms with Gasteiger partial charge in [-0.05, 0) is 43.4 Å². The maximum absolute atomic E-state index is 13.0. The van der Waals surface area contributed by atoms with Crippen LogP contribution in [0.1, 0.15) is 39.4 Å². The number of fused-ring (bicyclic) bond motifs is 1. The zero-order chi connectivity index (χ0) is 19.2. The van der Waals surface area contributed by atoms with Crippen LogP contribution in [0.25, 0.3) is 10.9 Å². The zero-order valence-corrected chi connectivity index (χ0v) is 15.9. The average Bonchev–Trinajstić information content (AvgIpc) is 3.07. The summed E-state index contributed by atoms with van der Waals surface area (Å²) in [5.41, 5.74) is 0.925. The number of ketones is 1. The van der Waals surface area contributed by atoms with E-state index >= 15 is 0 Å². The molecule has 5 nitrogen and oxygen atoms in total. The monoisotopic (exact) mass is 369 g/mol. The number of halogens is 1. The zero-order valence-electron chi connectivity index (χ0n) is 15.1. The third kappa shape index (κ3) is 3.06. The van der Waals surface area contributed by atoms with Crippen LogP contribution in [0.2, 0.25) is 5.02 Å². The molecule has 0 radical (unpaired) electrons. The normalized spacial score (nSPS) is 21.7. The van der Waals surface area contributed by atoms with E-state index < -0.39 is 5.92 Å². The van der Waals surface area contributed by atoms with Crippen molar-refractivity contribution in [2.24, 2.45) is 17.3 Å². The molecular weight excluding hydrogens is 350 g/mol. The molecule has 1 heterocycles. The molecule has 1 N–H and O–H groups in total. The Kier molecular flexibility index (Phi) is 4.49. The molecule has 26 heavy (non-hydrogen) atoms. The van der Waals surface area contributed by atoms with Gasteiger partial charge in [-0.15, -0.1) is 0 Å². The highest BCUT2D eigenvalue weighted by Crippen LogP contribution is 2.60. The van der Waals surface area contributed by atoms with Crippen LogP contribution in [0, 0.1) is 28.6 Å². The van der Waals surface area contributed by atoms with Crippen molar-refractivity contribution in [1.29, 1.82) is 5.26 Å². The second kappa shape index (κ2) is 6.37. The van der Waals surface area contributed by atoms with Crippen molar-refractivity contribution in [2.45, 2.75) is 33.6 Å². The minimum atomic E-state index is -1.11. The molecular formula is C20H20ClN3O2. The van der Waals surface area contributed by atoms with Gasteiger partial charge < -0.3 is 4.98 Å². The quantitative estimate of drug-likeness (QED) is 0.825. The SMILES string of the molecule is CC(C)=CC1C(C(=O)C(C#N)c2nc3cc(Cl)ccc3c(=O)[nH]2)C1(C)C. The van der Waals surface area contributed by atoms with Gasteiger partial charge >= 0.3 is 0 Å². The van der Waals surface area contributed by atoms with Gasteiger partial charge in [0, 0.05) is 10.9 Å². The van der Waals surface area contributed by atoms with Gasteiger partial charge in [0.25, 0.3) is 5.56 Å². The fourth-order valence-electron chi connectivity index (χ4n) is 3.60. The predicted octanol–water partition coefficient (Wildman–Crippen LogP) is 3.99. The van der Waals surface area contributed by atoms with Gasteiger partial charge in [-0.25, -0.2) is 4.98 Å². The van der Waals surface area contributed by atoms with Crippen LogP contribution in [0.5, 0.6) is 0 Å². The number of carbonyl (C=O) groups is 1. The molecule has 3 rings (SSSR count). The number of hydrogen-bond donors (Lipinski definition) is 1. The van der Waals surface area contributed by atoms with E-state index in [0.717, 1.165) is 5.57 Å². The van der Waals surface area contributed by atoms with Crippen LogP contribution >= 0.6 is 11.6 Å². The standard InChI is InChI=1S/C20H20ClN3O2/c1-10(2)7-14-16(20(14,3)4)17(25)13(9-22)18-23-15-8-11(21)5-6-12(15)19(26)24-18/h5-8,13-14,16H,1-4H3,(H,23,24,26). The van der Waals surface area contributed by atoms with Gasteiger partial charge in [0.1, 0.15) is 5.82 Å². The molecule has 134 valence electrons. The summed E-state index contributed by atoms with van der Waals surface area (Å²) in [5.74, 6) is -1.40. The van der Waals surface area contributed by atoms with Crippen LogP contribution in [0.15, 0.2) is 34.6 Å². The minimum Gasteiger partial charge on any atom is -0.308 e. The summed E-state index contributed by atoms with van der Waals surface area (Å²) in [6, 6.07) is 6.75. The average molecular weight is 370 g/mol. The third-order valence-electron chi connectivity index (χ3n) is 5.10. The second-order valence-electron chi connectivity index (χ2n) is 7.65. The predicted molar refractivity (Wildman–Crippen MR) is 101 cm³/mol. The summed E-state index contributed by atoms with van der Waals surface area (Å²) >= 11 is 5.97.